The number of aromatic amines is 1. The molecule has 0 atom stereocenters. The summed E-state index contributed by atoms with van der Waals surface area (Å²) in [5, 5.41) is 8.51. The van der Waals surface area contributed by atoms with Gasteiger partial charge in [-0.1, -0.05) is 23.2 Å². The number of hydrogen-bond acceptors (Lipinski definition) is 4. The van der Waals surface area contributed by atoms with Crippen molar-refractivity contribution >= 4 is 23.2 Å². The predicted octanol–water partition coefficient (Wildman–Crippen LogP) is 3.56. The molecule has 2 aromatic rings. The number of nitrogens with one attached hydrogen (secondary N) is 1. The molecule has 1 aromatic carbocycles. The summed E-state index contributed by atoms with van der Waals surface area (Å²) < 4.78 is 6.00. The monoisotopic (exact) mass is 354 g/mol. The van der Waals surface area contributed by atoms with E-state index in [1.54, 1.807) is 18.2 Å². The largest absolute Gasteiger partial charge is 0.453 e. The molecule has 0 spiro atoms. The maximum atomic E-state index is 6.04. The number of likely N-dealkylation sites (N-methyl/N-ethyl adjacent to an activating group) is 1. The van der Waals surface area contributed by atoms with E-state index in [1.807, 2.05) is 6.92 Å². The van der Waals surface area contributed by atoms with Gasteiger partial charge in [0.05, 0.1) is 5.69 Å². The van der Waals surface area contributed by atoms with E-state index in [1.165, 1.54) is 0 Å². The molecule has 1 saturated heterocycles. The fraction of sp³-hybridized carbons (Fsp3) is 0.438. The van der Waals surface area contributed by atoms with Crippen molar-refractivity contribution < 1.29 is 4.74 Å². The average Bonchev–Trinajstić information content (AvgIpc) is 2.82. The maximum absolute atomic E-state index is 6.04. The Morgan fingerprint density at radius 2 is 1.78 bits per heavy atom. The number of benzene rings is 1. The van der Waals surface area contributed by atoms with Gasteiger partial charge in [-0.15, -0.1) is 0 Å². The van der Waals surface area contributed by atoms with Crippen LogP contribution in [0.3, 0.4) is 0 Å². The lowest BCUT2D eigenvalue weighted by atomic mass is 10.2. The van der Waals surface area contributed by atoms with Gasteiger partial charge in [-0.3, -0.25) is 10.00 Å². The van der Waals surface area contributed by atoms with Crippen LogP contribution >= 0.6 is 23.2 Å². The van der Waals surface area contributed by atoms with Crippen LogP contribution < -0.4 is 4.74 Å². The molecule has 0 radical (unpaired) electrons. The van der Waals surface area contributed by atoms with Crippen LogP contribution in [0.1, 0.15) is 11.4 Å². The number of rotatable bonds is 4. The number of H-pyrrole nitrogens is 1. The van der Waals surface area contributed by atoms with Crippen LogP contribution in [0.25, 0.3) is 0 Å². The highest BCUT2D eigenvalue weighted by Crippen LogP contribution is 2.32. The van der Waals surface area contributed by atoms with Gasteiger partial charge in [0.15, 0.2) is 5.75 Å². The number of aryl methyl sites for hydroxylation is 1. The topological polar surface area (TPSA) is 44.4 Å². The SMILES string of the molecule is Cc1[nH]nc(CN2CCN(C)CC2)c1Oc1cc(Cl)cc(Cl)c1. The van der Waals surface area contributed by atoms with E-state index in [2.05, 4.69) is 27.0 Å². The van der Waals surface area contributed by atoms with Crippen molar-refractivity contribution in [3.05, 3.63) is 39.6 Å². The molecular weight excluding hydrogens is 335 g/mol. The molecule has 7 heteroatoms. The quantitative estimate of drug-likeness (QED) is 0.911. The zero-order valence-electron chi connectivity index (χ0n) is 13.3. The van der Waals surface area contributed by atoms with Crippen molar-refractivity contribution in [3.63, 3.8) is 0 Å². The summed E-state index contributed by atoms with van der Waals surface area (Å²) in [6, 6.07) is 5.18. The van der Waals surface area contributed by atoms with Crippen molar-refractivity contribution in [2.75, 3.05) is 33.2 Å². The Hall–Kier alpha value is -1.27. The summed E-state index contributed by atoms with van der Waals surface area (Å²) in [6.45, 7) is 6.92. The Morgan fingerprint density at radius 1 is 1.13 bits per heavy atom. The van der Waals surface area contributed by atoms with Crippen LogP contribution in [0, 0.1) is 6.92 Å². The lowest BCUT2D eigenvalue weighted by Crippen LogP contribution is -2.43. The zero-order valence-corrected chi connectivity index (χ0v) is 14.8. The van der Waals surface area contributed by atoms with Gasteiger partial charge in [-0.25, -0.2) is 0 Å². The highest BCUT2D eigenvalue weighted by molar-refractivity contribution is 6.34. The lowest BCUT2D eigenvalue weighted by molar-refractivity contribution is 0.146. The number of hydrogen-bond donors (Lipinski definition) is 1. The Kier molecular flexibility index (Phi) is 5.11. The van der Waals surface area contributed by atoms with Gasteiger partial charge in [-0.05, 0) is 32.2 Å². The molecule has 2 heterocycles. The minimum atomic E-state index is 0.550. The third kappa shape index (κ3) is 4.18. The molecule has 0 amide bonds. The number of ether oxygens (including phenoxy) is 1. The summed E-state index contributed by atoms with van der Waals surface area (Å²) in [4.78, 5) is 4.71. The molecule has 5 nitrogen and oxygen atoms in total. The molecule has 3 rings (SSSR count). The fourth-order valence-electron chi connectivity index (χ4n) is 2.64. The standard InChI is InChI=1S/C16H20Cl2N4O/c1-11-16(23-14-8-12(17)7-13(18)9-14)15(20-19-11)10-22-5-3-21(2)4-6-22/h7-9H,3-6,10H2,1-2H3,(H,19,20). The molecule has 0 bridgehead atoms. The van der Waals surface area contributed by atoms with E-state index in [0.29, 0.717) is 15.8 Å². The molecule has 0 unspecified atom stereocenters. The second-order valence-electron chi connectivity index (χ2n) is 5.91. The van der Waals surface area contributed by atoms with E-state index in [9.17, 15) is 0 Å². The Labute approximate surface area is 146 Å². The molecule has 0 saturated carbocycles. The van der Waals surface area contributed by atoms with Gasteiger partial charge >= 0.3 is 0 Å². The predicted molar refractivity (Wildman–Crippen MR) is 92.6 cm³/mol. The van der Waals surface area contributed by atoms with E-state index in [0.717, 1.165) is 49.9 Å². The van der Waals surface area contributed by atoms with Gasteiger partial charge in [-0.2, -0.15) is 5.10 Å². The molecule has 1 aromatic heterocycles. The molecule has 1 N–H and O–H groups in total. The lowest BCUT2D eigenvalue weighted by Gasteiger charge is -2.31. The number of piperazine rings is 1. The number of aromatic nitrogens is 2. The van der Waals surface area contributed by atoms with Crippen LogP contribution in [0.4, 0.5) is 0 Å². The molecule has 23 heavy (non-hydrogen) atoms. The summed E-state index contributed by atoms with van der Waals surface area (Å²) in [6.07, 6.45) is 0. The van der Waals surface area contributed by atoms with Crippen molar-refractivity contribution in [1.29, 1.82) is 0 Å². The molecular formula is C16H20Cl2N4O. The summed E-state index contributed by atoms with van der Waals surface area (Å²) in [5.74, 6) is 1.37. The minimum Gasteiger partial charge on any atom is -0.453 e. The van der Waals surface area contributed by atoms with Gasteiger partial charge in [0.2, 0.25) is 0 Å². The molecule has 1 aliphatic rings. The molecule has 1 aliphatic heterocycles. The van der Waals surface area contributed by atoms with E-state index in [4.69, 9.17) is 27.9 Å². The minimum absolute atomic E-state index is 0.550. The van der Waals surface area contributed by atoms with Gasteiger partial charge < -0.3 is 9.64 Å². The highest BCUT2D eigenvalue weighted by atomic mass is 35.5. The molecule has 124 valence electrons. The van der Waals surface area contributed by atoms with Crippen LogP contribution in [-0.4, -0.2) is 53.2 Å². The maximum Gasteiger partial charge on any atom is 0.172 e. The number of nitrogens with zero attached hydrogens (tertiary/aromatic N) is 3. The second kappa shape index (κ2) is 7.09. The van der Waals surface area contributed by atoms with Gasteiger partial charge in [0, 0.05) is 42.8 Å². The van der Waals surface area contributed by atoms with Crippen LogP contribution in [0.15, 0.2) is 18.2 Å². The van der Waals surface area contributed by atoms with Crippen molar-refractivity contribution in [1.82, 2.24) is 20.0 Å². The van der Waals surface area contributed by atoms with Crippen LogP contribution in [0.2, 0.25) is 10.0 Å². The first-order valence-corrected chi connectivity index (χ1v) is 8.35. The van der Waals surface area contributed by atoms with Gasteiger partial charge in [0.1, 0.15) is 11.4 Å². The average molecular weight is 355 g/mol. The molecule has 1 fully saturated rings. The van der Waals surface area contributed by atoms with E-state index >= 15 is 0 Å². The van der Waals surface area contributed by atoms with Crippen molar-refractivity contribution in [2.45, 2.75) is 13.5 Å². The van der Waals surface area contributed by atoms with Crippen LogP contribution in [-0.2, 0) is 6.54 Å². The first-order valence-electron chi connectivity index (χ1n) is 7.60. The Bertz CT molecular complexity index is 660. The van der Waals surface area contributed by atoms with Gasteiger partial charge in [0.25, 0.3) is 0 Å². The number of halogens is 2. The van der Waals surface area contributed by atoms with E-state index in [-0.39, 0.29) is 0 Å². The van der Waals surface area contributed by atoms with E-state index < -0.39 is 0 Å². The Balaban J connectivity index is 1.76. The normalized spacial score (nSPS) is 16.7. The summed E-state index contributed by atoms with van der Waals surface area (Å²) in [5.41, 5.74) is 1.80. The van der Waals surface area contributed by atoms with Crippen LogP contribution in [0.5, 0.6) is 11.5 Å². The summed E-state index contributed by atoms with van der Waals surface area (Å²) >= 11 is 12.1. The fourth-order valence-corrected chi connectivity index (χ4v) is 3.14. The first-order chi connectivity index (χ1) is 11.0. The highest BCUT2D eigenvalue weighted by Gasteiger charge is 2.19. The summed E-state index contributed by atoms with van der Waals surface area (Å²) in [7, 11) is 2.15. The third-order valence-electron chi connectivity index (χ3n) is 3.99. The smallest absolute Gasteiger partial charge is 0.172 e. The second-order valence-corrected chi connectivity index (χ2v) is 6.78. The Morgan fingerprint density at radius 3 is 2.43 bits per heavy atom. The first kappa shape index (κ1) is 16.6. The third-order valence-corrected chi connectivity index (χ3v) is 4.42. The van der Waals surface area contributed by atoms with Crippen molar-refractivity contribution in [2.24, 2.45) is 0 Å². The zero-order chi connectivity index (χ0) is 16.4. The molecule has 0 aliphatic carbocycles. The van der Waals surface area contributed by atoms with Crippen molar-refractivity contribution in [3.8, 4) is 11.5 Å².